The molecule has 0 spiro atoms. The van der Waals surface area contributed by atoms with Crippen molar-refractivity contribution < 1.29 is 0 Å². The van der Waals surface area contributed by atoms with Gasteiger partial charge in [0.25, 0.3) is 0 Å². The summed E-state index contributed by atoms with van der Waals surface area (Å²) in [5.74, 6) is 0.590. The van der Waals surface area contributed by atoms with Gasteiger partial charge in [0.1, 0.15) is 10.3 Å². The van der Waals surface area contributed by atoms with Gasteiger partial charge in [0.2, 0.25) is 0 Å². The third kappa shape index (κ3) is 3.07. The predicted octanol–water partition coefficient (Wildman–Crippen LogP) is 5.02. The zero-order valence-corrected chi connectivity index (χ0v) is 12.8. The first-order chi connectivity index (χ1) is 9.02. The Kier molecular flexibility index (Phi) is 4.43. The predicted molar refractivity (Wildman–Crippen MR) is 81.0 cm³/mol. The lowest BCUT2D eigenvalue weighted by atomic mass is 10.1. The molecule has 4 heteroatoms. The van der Waals surface area contributed by atoms with Gasteiger partial charge in [-0.05, 0) is 25.8 Å². The highest BCUT2D eigenvalue weighted by Crippen LogP contribution is 2.28. The number of benzene rings is 1. The lowest BCUT2D eigenvalue weighted by Gasteiger charge is -2.09. The van der Waals surface area contributed by atoms with Crippen LogP contribution in [0.4, 0.5) is 0 Å². The molecule has 1 aromatic carbocycles. The Bertz CT molecular complexity index is 586. The molecule has 2 aromatic rings. The number of rotatable bonds is 3. The minimum atomic E-state index is 0.455. The normalized spacial score (nSPS) is 10.8. The molecule has 0 fully saturated rings. The van der Waals surface area contributed by atoms with E-state index in [1.807, 2.05) is 19.1 Å². The number of aromatic nitrogens is 2. The standard InChI is InChI=1S/C15H16Cl2N2/c1-4-5-12-13(16)18-15(19-14(12)17)11-7-6-9(2)8-10(11)3/h6-8H,4-5H2,1-3H3. The molecule has 0 saturated heterocycles. The summed E-state index contributed by atoms with van der Waals surface area (Å²) in [7, 11) is 0. The van der Waals surface area contributed by atoms with Gasteiger partial charge >= 0.3 is 0 Å². The molecule has 2 rings (SSSR count). The van der Waals surface area contributed by atoms with E-state index < -0.39 is 0 Å². The highest BCUT2D eigenvalue weighted by molar-refractivity contribution is 6.34. The number of hydrogen-bond acceptors (Lipinski definition) is 2. The van der Waals surface area contributed by atoms with Crippen molar-refractivity contribution >= 4 is 23.2 Å². The van der Waals surface area contributed by atoms with Gasteiger partial charge in [-0.15, -0.1) is 0 Å². The molecular formula is C15H16Cl2N2. The SMILES string of the molecule is CCCc1c(Cl)nc(-c2ccc(C)cc2C)nc1Cl. The maximum absolute atomic E-state index is 6.21. The molecule has 0 bridgehead atoms. The van der Waals surface area contributed by atoms with Gasteiger partial charge < -0.3 is 0 Å². The van der Waals surface area contributed by atoms with Gasteiger partial charge in [0.05, 0.1) is 0 Å². The fourth-order valence-corrected chi connectivity index (χ4v) is 2.65. The van der Waals surface area contributed by atoms with E-state index in [1.165, 1.54) is 5.56 Å². The molecule has 0 amide bonds. The molecule has 1 aromatic heterocycles. The molecular weight excluding hydrogens is 279 g/mol. The Morgan fingerprint density at radius 2 is 1.68 bits per heavy atom. The van der Waals surface area contributed by atoms with Gasteiger partial charge in [-0.1, -0.05) is 60.3 Å². The van der Waals surface area contributed by atoms with Crippen LogP contribution in [0.5, 0.6) is 0 Å². The second kappa shape index (κ2) is 5.89. The van der Waals surface area contributed by atoms with Crippen LogP contribution in [0.1, 0.15) is 30.0 Å². The molecule has 0 aliphatic rings. The highest BCUT2D eigenvalue weighted by atomic mass is 35.5. The average Bonchev–Trinajstić information content (AvgIpc) is 2.33. The molecule has 1 heterocycles. The summed E-state index contributed by atoms with van der Waals surface area (Å²) >= 11 is 12.4. The third-order valence-corrected chi connectivity index (χ3v) is 3.65. The minimum absolute atomic E-state index is 0.455. The van der Waals surface area contributed by atoms with E-state index in [4.69, 9.17) is 23.2 Å². The van der Waals surface area contributed by atoms with Gasteiger partial charge in [0.15, 0.2) is 5.82 Å². The molecule has 2 nitrogen and oxygen atoms in total. The minimum Gasteiger partial charge on any atom is -0.216 e. The van der Waals surface area contributed by atoms with E-state index in [2.05, 4.69) is 29.9 Å². The van der Waals surface area contributed by atoms with Gasteiger partial charge in [-0.25, -0.2) is 9.97 Å². The van der Waals surface area contributed by atoms with Crippen LogP contribution in [-0.2, 0) is 6.42 Å². The van der Waals surface area contributed by atoms with Crippen molar-refractivity contribution in [3.05, 3.63) is 45.2 Å². The van der Waals surface area contributed by atoms with E-state index in [0.717, 1.165) is 29.5 Å². The zero-order chi connectivity index (χ0) is 14.0. The van der Waals surface area contributed by atoms with Crippen LogP contribution < -0.4 is 0 Å². The Morgan fingerprint density at radius 3 is 2.21 bits per heavy atom. The fourth-order valence-electron chi connectivity index (χ4n) is 2.07. The van der Waals surface area contributed by atoms with Crippen LogP contribution in [-0.4, -0.2) is 9.97 Å². The van der Waals surface area contributed by atoms with E-state index in [9.17, 15) is 0 Å². The van der Waals surface area contributed by atoms with Crippen molar-refractivity contribution in [2.45, 2.75) is 33.6 Å². The summed E-state index contributed by atoms with van der Waals surface area (Å²) in [6, 6.07) is 6.14. The molecule has 0 N–H and O–H groups in total. The first kappa shape index (κ1) is 14.3. The molecule has 0 saturated carbocycles. The van der Waals surface area contributed by atoms with Crippen molar-refractivity contribution in [2.24, 2.45) is 0 Å². The third-order valence-electron chi connectivity index (χ3n) is 3.03. The number of hydrogen-bond donors (Lipinski definition) is 0. The molecule has 0 aliphatic heterocycles. The number of nitrogens with zero attached hydrogens (tertiary/aromatic N) is 2. The Morgan fingerprint density at radius 1 is 1.05 bits per heavy atom. The molecule has 0 radical (unpaired) electrons. The fraction of sp³-hybridized carbons (Fsp3) is 0.333. The first-order valence-corrected chi connectivity index (χ1v) is 7.08. The van der Waals surface area contributed by atoms with Gasteiger partial charge in [-0.3, -0.25) is 0 Å². The second-order valence-electron chi connectivity index (χ2n) is 4.68. The molecule has 100 valence electrons. The summed E-state index contributed by atoms with van der Waals surface area (Å²) in [4.78, 5) is 8.77. The van der Waals surface area contributed by atoms with Crippen LogP contribution in [0.15, 0.2) is 18.2 Å². The maximum Gasteiger partial charge on any atom is 0.162 e. The van der Waals surface area contributed by atoms with Crippen molar-refractivity contribution in [1.29, 1.82) is 0 Å². The molecule has 0 aliphatic carbocycles. The summed E-state index contributed by atoms with van der Waals surface area (Å²) in [6.45, 7) is 6.17. The van der Waals surface area contributed by atoms with Crippen LogP contribution >= 0.6 is 23.2 Å². The molecule has 0 atom stereocenters. The van der Waals surface area contributed by atoms with E-state index in [1.54, 1.807) is 0 Å². The number of halogens is 2. The van der Waals surface area contributed by atoms with E-state index >= 15 is 0 Å². The van der Waals surface area contributed by atoms with Crippen LogP contribution in [0.25, 0.3) is 11.4 Å². The van der Waals surface area contributed by atoms with Gasteiger partial charge in [-0.2, -0.15) is 0 Å². The summed E-state index contributed by atoms with van der Waals surface area (Å²) < 4.78 is 0. The summed E-state index contributed by atoms with van der Waals surface area (Å²) in [5.41, 5.74) is 4.13. The topological polar surface area (TPSA) is 25.8 Å². The van der Waals surface area contributed by atoms with Crippen LogP contribution in [0.2, 0.25) is 10.3 Å². The smallest absolute Gasteiger partial charge is 0.162 e. The van der Waals surface area contributed by atoms with E-state index in [-0.39, 0.29) is 0 Å². The maximum atomic E-state index is 6.21. The zero-order valence-electron chi connectivity index (χ0n) is 11.3. The lowest BCUT2D eigenvalue weighted by Crippen LogP contribution is -1.98. The average molecular weight is 295 g/mol. The Balaban J connectivity index is 2.52. The van der Waals surface area contributed by atoms with Crippen molar-refractivity contribution in [3.8, 4) is 11.4 Å². The highest BCUT2D eigenvalue weighted by Gasteiger charge is 2.13. The Labute approximate surface area is 123 Å². The Hall–Kier alpha value is -1.12. The quantitative estimate of drug-likeness (QED) is 0.743. The molecule has 0 unspecified atom stereocenters. The second-order valence-corrected chi connectivity index (χ2v) is 5.39. The van der Waals surface area contributed by atoms with Crippen molar-refractivity contribution in [3.63, 3.8) is 0 Å². The van der Waals surface area contributed by atoms with Crippen molar-refractivity contribution in [2.75, 3.05) is 0 Å². The summed E-state index contributed by atoms with van der Waals surface area (Å²) in [5, 5.41) is 0.911. The van der Waals surface area contributed by atoms with Gasteiger partial charge in [0, 0.05) is 11.1 Å². The van der Waals surface area contributed by atoms with E-state index in [0.29, 0.717) is 16.1 Å². The monoisotopic (exact) mass is 294 g/mol. The van der Waals surface area contributed by atoms with Crippen LogP contribution in [0, 0.1) is 13.8 Å². The van der Waals surface area contributed by atoms with Crippen molar-refractivity contribution in [1.82, 2.24) is 9.97 Å². The first-order valence-electron chi connectivity index (χ1n) is 6.32. The largest absolute Gasteiger partial charge is 0.216 e. The lowest BCUT2D eigenvalue weighted by molar-refractivity contribution is 0.902. The molecule has 19 heavy (non-hydrogen) atoms. The number of aryl methyl sites for hydroxylation is 2. The van der Waals surface area contributed by atoms with Crippen LogP contribution in [0.3, 0.4) is 0 Å². The summed E-state index contributed by atoms with van der Waals surface area (Å²) in [6.07, 6.45) is 1.76.